The van der Waals surface area contributed by atoms with Crippen molar-refractivity contribution in [2.75, 3.05) is 0 Å². The molecule has 0 spiro atoms. The van der Waals surface area contributed by atoms with Crippen LogP contribution in [-0.2, 0) is 0 Å². The Morgan fingerprint density at radius 2 is 1.11 bits per heavy atom. The Hall–Kier alpha value is -2.19. The van der Waals surface area contributed by atoms with Crippen molar-refractivity contribution in [3.05, 3.63) is 112 Å². The molecule has 0 aliphatic heterocycles. The number of thiophene rings is 1. The molecule has 138 valence electrons. The summed E-state index contributed by atoms with van der Waals surface area (Å²) in [5, 5.41) is 3.53. The fraction of sp³-hybridized carbons (Fsp3) is 0. The third-order valence-corrected chi connectivity index (χ3v) is 10.2. The molecule has 0 saturated carbocycles. The van der Waals surface area contributed by atoms with Crippen molar-refractivity contribution in [1.82, 2.24) is 0 Å². The number of ketones is 1. The lowest BCUT2D eigenvalue weighted by atomic mass is 10.3. The van der Waals surface area contributed by atoms with Gasteiger partial charge in [-0.05, 0) is 56.7 Å². The first-order valence-electron chi connectivity index (χ1n) is 8.91. The molecule has 4 heteroatoms. The molecule has 0 N–H and O–H groups in total. The largest absolute Gasteiger partial charge is 0.288 e. The standard InChI is InChI=1S/C24H18BrOPS/c25-24-17-16-23(28-24)22(26)18-27(19-10-4-1-5-11-19,20-12-6-2-7-13-20)21-14-8-3-9-15-21/h1-18H. The smallest absolute Gasteiger partial charge is 0.196 e. The van der Waals surface area contributed by atoms with Gasteiger partial charge in [0.2, 0.25) is 0 Å². The molecule has 0 amide bonds. The van der Waals surface area contributed by atoms with E-state index in [1.807, 2.05) is 36.1 Å². The summed E-state index contributed by atoms with van der Waals surface area (Å²) in [6.45, 7) is -2.25. The van der Waals surface area contributed by atoms with E-state index in [0.717, 1.165) is 8.66 Å². The number of carbonyl (C=O) groups is 1. The van der Waals surface area contributed by atoms with Crippen LogP contribution >= 0.6 is 34.2 Å². The van der Waals surface area contributed by atoms with E-state index in [0.29, 0.717) is 0 Å². The molecule has 0 bridgehead atoms. The van der Waals surface area contributed by atoms with Gasteiger partial charge in [0.1, 0.15) is 0 Å². The molecular formula is C24H18BrOPS. The Bertz CT molecular complexity index is 1030. The summed E-state index contributed by atoms with van der Waals surface area (Å²) in [7, 11) is 0. The van der Waals surface area contributed by atoms with Gasteiger partial charge in [-0.15, -0.1) is 11.3 Å². The average Bonchev–Trinajstić information content (AvgIpc) is 3.20. The van der Waals surface area contributed by atoms with Crippen molar-refractivity contribution in [2.24, 2.45) is 0 Å². The van der Waals surface area contributed by atoms with Gasteiger partial charge in [-0.3, -0.25) is 4.79 Å². The Labute approximate surface area is 177 Å². The number of Topliss-reactive ketones (excluding diaryl/α,β-unsaturated/α-hetero) is 1. The van der Waals surface area contributed by atoms with Crippen molar-refractivity contribution < 1.29 is 4.79 Å². The van der Waals surface area contributed by atoms with Gasteiger partial charge in [0.15, 0.2) is 5.78 Å². The first kappa shape index (κ1) is 19.1. The second-order valence-corrected chi connectivity index (χ2v) is 12.0. The molecular weight excluding hydrogens is 447 g/mol. The lowest BCUT2D eigenvalue weighted by Gasteiger charge is -2.28. The Morgan fingerprint density at radius 3 is 1.46 bits per heavy atom. The van der Waals surface area contributed by atoms with E-state index in [1.54, 1.807) is 0 Å². The van der Waals surface area contributed by atoms with E-state index < -0.39 is 6.89 Å². The second-order valence-electron chi connectivity index (χ2n) is 6.33. The van der Waals surface area contributed by atoms with Crippen LogP contribution < -0.4 is 15.9 Å². The number of benzene rings is 3. The minimum absolute atomic E-state index is 0.0700. The van der Waals surface area contributed by atoms with Crippen LogP contribution in [0.1, 0.15) is 9.67 Å². The first-order chi connectivity index (χ1) is 13.7. The number of rotatable bonds is 5. The molecule has 28 heavy (non-hydrogen) atoms. The summed E-state index contributed by atoms with van der Waals surface area (Å²) in [5.41, 5.74) is 0. The highest BCUT2D eigenvalue weighted by atomic mass is 79.9. The van der Waals surface area contributed by atoms with Gasteiger partial charge in [-0.1, -0.05) is 91.0 Å². The maximum atomic E-state index is 13.4. The normalized spacial score (nSPS) is 11.2. The molecule has 0 radical (unpaired) electrons. The van der Waals surface area contributed by atoms with Gasteiger partial charge < -0.3 is 0 Å². The van der Waals surface area contributed by atoms with Gasteiger partial charge in [-0.2, -0.15) is 0 Å². The van der Waals surface area contributed by atoms with E-state index in [9.17, 15) is 4.79 Å². The van der Waals surface area contributed by atoms with Crippen molar-refractivity contribution in [1.29, 1.82) is 0 Å². The second kappa shape index (κ2) is 8.45. The summed E-state index contributed by atoms with van der Waals surface area (Å²) in [6, 6.07) is 35.0. The van der Waals surface area contributed by atoms with Crippen LogP contribution in [0.2, 0.25) is 0 Å². The van der Waals surface area contributed by atoms with Gasteiger partial charge >= 0.3 is 0 Å². The molecule has 4 aromatic rings. The number of carbonyl (C=O) groups excluding carboxylic acids is 1. The van der Waals surface area contributed by atoms with Gasteiger partial charge in [-0.25, -0.2) is 0 Å². The zero-order valence-electron chi connectivity index (χ0n) is 15.0. The predicted molar refractivity (Wildman–Crippen MR) is 128 cm³/mol. The number of hydrogen-bond acceptors (Lipinski definition) is 2. The third-order valence-electron chi connectivity index (χ3n) is 4.62. The number of halogens is 1. The predicted octanol–water partition coefficient (Wildman–Crippen LogP) is 5.49. The molecule has 0 aliphatic rings. The zero-order chi connectivity index (χ0) is 19.4. The molecule has 1 nitrogen and oxygen atoms in total. The topological polar surface area (TPSA) is 17.1 Å². The maximum absolute atomic E-state index is 13.4. The van der Waals surface area contributed by atoms with Crippen LogP contribution in [0.15, 0.2) is 107 Å². The molecule has 0 atom stereocenters. The highest BCUT2D eigenvalue weighted by Crippen LogP contribution is 2.44. The molecule has 0 fully saturated rings. The SMILES string of the molecule is O=C(C=P(c1ccccc1)(c1ccccc1)c1ccccc1)c1ccc(Br)s1. The highest BCUT2D eigenvalue weighted by Gasteiger charge is 2.26. The summed E-state index contributed by atoms with van der Waals surface area (Å²) < 4.78 is 0.965. The van der Waals surface area contributed by atoms with E-state index >= 15 is 0 Å². The van der Waals surface area contributed by atoms with Crippen molar-refractivity contribution >= 4 is 61.6 Å². The molecule has 3 aromatic carbocycles. The minimum Gasteiger partial charge on any atom is -0.288 e. The van der Waals surface area contributed by atoms with Crippen molar-refractivity contribution in [3.63, 3.8) is 0 Å². The molecule has 1 heterocycles. The summed E-state index contributed by atoms with van der Waals surface area (Å²) in [5.74, 6) is 2.05. The Kier molecular flexibility index (Phi) is 5.77. The van der Waals surface area contributed by atoms with E-state index in [2.05, 4.69) is 88.7 Å². The van der Waals surface area contributed by atoms with Gasteiger partial charge in [0.05, 0.1) is 8.66 Å². The monoisotopic (exact) mass is 464 g/mol. The summed E-state index contributed by atoms with van der Waals surface area (Å²) in [4.78, 5) is 14.1. The van der Waals surface area contributed by atoms with Crippen LogP contribution in [0.25, 0.3) is 0 Å². The third kappa shape index (κ3) is 3.71. The summed E-state index contributed by atoms with van der Waals surface area (Å²) >= 11 is 4.95. The van der Waals surface area contributed by atoms with E-state index in [4.69, 9.17) is 0 Å². The van der Waals surface area contributed by atoms with Crippen LogP contribution in [0.5, 0.6) is 0 Å². The molecule has 0 saturated heterocycles. The fourth-order valence-corrected chi connectivity index (χ4v) is 8.49. The first-order valence-corrected chi connectivity index (χ1v) is 12.4. The van der Waals surface area contributed by atoms with Crippen molar-refractivity contribution in [2.45, 2.75) is 0 Å². The zero-order valence-corrected chi connectivity index (χ0v) is 18.3. The highest BCUT2D eigenvalue weighted by molar-refractivity contribution is 9.11. The molecule has 0 aliphatic carbocycles. The van der Waals surface area contributed by atoms with Crippen LogP contribution in [-0.4, -0.2) is 11.6 Å². The van der Waals surface area contributed by atoms with Crippen LogP contribution in [0, 0.1) is 0 Å². The Morgan fingerprint density at radius 1 is 0.679 bits per heavy atom. The quantitative estimate of drug-likeness (QED) is 0.282. The van der Waals surface area contributed by atoms with E-state index in [-0.39, 0.29) is 5.78 Å². The molecule has 0 unspecified atom stereocenters. The maximum Gasteiger partial charge on any atom is 0.196 e. The fourth-order valence-electron chi connectivity index (χ4n) is 3.35. The lowest BCUT2D eigenvalue weighted by Crippen LogP contribution is -2.28. The number of hydrogen-bond donors (Lipinski definition) is 0. The lowest BCUT2D eigenvalue weighted by molar-refractivity contribution is 0.107. The van der Waals surface area contributed by atoms with Crippen molar-refractivity contribution in [3.8, 4) is 0 Å². The van der Waals surface area contributed by atoms with Gasteiger partial charge in [0, 0.05) is 0 Å². The average molecular weight is 465 g/mol. The van der Waals surface area contributed by atoms with Gasteiger partial charge in [0.25, 0.3) is 0 Å². The summed E-state index contributed by atoms with van der Waals surface area (Å²) in [6.07, 6.45) is 0. The van der Waals surface area contributed by atoms with Crippen LogP contribution in [0.4, 0.5) is 0 Å². The molecule has 4 rings (SSSR count). The van der Waals surface area contributed by atoms with E-state index in [1.165, 1.54) is 27.3 Å². The Balaban J connectivity index is 2.07. The molecule has 1 aromatic heterocycles. The minimum atomic E-state index is -2.25. The van der Waals surface area contributed by atoms with Crippen LogP contribution in [0.3, 0.4) is 0 Å².